The van der Waals surface area contributed by atoms with Gasteiger partial charge >= 0.3 is 0 Å². The minimum atomic E-state index is -0.315. The summed E-state index contributed by atoms with van der Waals surface area (Å²) in [6, 6.07) is 16.4. The number of nitriles is 1. The first kappa shape index (κ1) is 17.1. The van der Waals surface area contributed by atoms with Crippen LogP contribution in [-0.2, 0) is 0 Å². The highest BCUT2D eigenvalue weighted by Crippen LogP contribution is 2.22. The Labute approximate surface area is 157 Å². The lowest BCUT2D eigenvalue weighted by molar-refractivity contribution is 0.102. The van der Waals surface area contributed by atoms with E-state index in [1.165, 1.54) is 0 Å². The minimum absolute atomic E-state index is 0.0564. The summed E-state index contributed by atoms with van der Waals surface area (Å²) in [7, 11) is 0. The Morgan fingerprint density at radius 2 is 2.00 bits per heavy atom. The van der Waals surface area contributed by atoms with Crippen LogP contribution in [0, 0.1) is 11.3 Å². The zero-order valence-corrected chi connectivity index (χ0v) is 14.8. The molecule has 7 nitrogen and oxygen atoms in total. The summed E-state index contributed by atoms with van der Waals surface area (Å²) in [5, 5.41) is 16.7. The van der Waals surface area contributed by atoms with E-state index in [0.29, 0.717) is 16.9 Å². The molecular weight excluding hydrogens is 340 g/mol. The third-order valence-corrected chi connectivity index (χ3v) is 4.86. The number of nitrogens with zero attached hydrogens (tertiary/aromatic N) is 4. The van der Waals surface area contributed by atoms with Gasteiger partial charge in [-0.1, -0.05) is 12.1 Å². The molecule has 27 heavy (non-hydrogen) atoms. The van der Waals surface area contributed by atoms with Gasteiger partial charge in [-0.05, 0) is 55.7 Å². The first-order chi connectivity index (χ1) is 13.2. The lowest BCUT2D eigenvalue weighted by atomic mass is 10.1. The fourth-order valence-electron chi connectivity index (χ4n) is 3.42. The number of anilines is 2. The molecule has 3 aromatic rings. The Bertz CT molecular complexity index is 1030. The molecular formula is C20H20N6O. The van der Waals surface area contributed by atoms with Crippen molar-refractivity contribution in [2.24, 2.45) is 5.73 Å². The van der Waals surface area contributed by atoms with Crippen molar-refractivity contribution in [3.05, 3.63) is 59.8 Å². The SMILES string of the molecule is N#Cc1ccccc1NC(=O)c1ccc2ccc(N3CCCCC3N)nn12. The van der Waals surface area contributed by atoms with Gasteiger partial charge in [0.2, 0.25) is 0 Å². The minimum Gasteiger partial charge on any atom is -0.340 e. The predicted octanol–water partition coefficient (Wildman–Crippen LogP) is 2.73. The molecule has 0 saturated carbocycles. The Morgan fingerprint density at radius 3 is 2.81 bits per heavy atom. The summed E-state index contributed by atoms with van der Waals surface area (Å²) < 4.78 is 1.63. The number of nitrogens with one attached hydrogen (secondary N) is 1. The Kier molecular flexibility index (Phi) is 4.48. The van der Waals surface area contributed by atoms with Gasteiger partial charge in [0.1, 0.15) is 11.8 Å². The number of carbonyl (C=O) groups excluding carboxylic acids is 1. The largest absolute Gasteiger partial charge is 0.340 e. The van der Waals surface area contributed by atoms with Crippen molar-refractivity contribution in [1.29, 1.82) is 5.26 Å². The Balaban J connectivity index is 1.66. The molecule has 1 aliphatic rings. The molecule has 1 fully saturated rings. The van der Waals surface area contributed by atoms with Crippen molar-refractivity contribution in [3.63, 3.8) is 0 Å². The highest BCUT2D eigenvalue weighted by atomic mass is 16.2. The second-order valence-corrected chi connectivity index (χ2v) is 6.61. The highest BCUT2D eigenvalue weighted by Gasteiger charge is 2.21. The lowest BCUT2D eigenvalue weighted by Crippen LogP contribution is -2.46. The van der Waals surface area contributed by atoms with Crippen LogP contribution in [0.3, 0.4) is 0 Å². The average molecular weight is 360 g/mol. The molecule has 4 rings (SSSR count). The van der Waals surface area contributed by atoms with E-state index in [-0.39, 0.29) is 12.1 Å². The van der Waals surface area contributed by atoms with Crippen LogP contribution in [0.5, 0.6) is 0 Å². The number of fused-ring (bicyclic) bond motifs is 1. The van der Waals surface area contributed by atoms with Gasteiger partial charge in [-0.25, -0.2) is 4.52 Å². The number of nitrogens with two attached hydrogens (primary N) is 1. The number of carbonyl (C=O) groups is 1. The smallest absolute Gasteiger partial charge is 0.274 e. The maximum atomic E-state index is 12.8. The standard InChI is InChI=1S/C20H20N6O/c21-13-14-5-1-2-6-16(14)23-20(27)17-10-8-15-9-11-19(24-26(15)17)25-12-4-3-7-18(25)22/h1-2,5-6,8-11,18H,3-4,7,12,22H2,(H,23,27). The average Bonchev–Trinajstić information content (AvgIpc) is 3.12. The van der Waals surface area contributed by atoms with Gasteiger partial charge < -0.3 is 16.0 Å². The number of hydrogen-bond acceptors (Lipinski definition) is 5. The van der Waals surface area contributed by atoms with Crippen LogP contribution in [0.15, 0.2) is 48.5 Å². The number of hydrogen-bond donors (Lipinski definition) is 2. The van der Waals surface area contributed by atoms with Crippen molar-refractivity contribution in [3.8, 4) is 6.07 Å². The van der Waals surface area contributed by atoms with Gasteiger partial charge in [0.05, 0.1) is 22.9 Å². The summed E-state index contributed by atoms with van der Waals surface area (Å²) in [6.45, 7) is 0.859. The van der Waals surface area contributed by atoms with Crippen molar-refractivity contribution >= 4 is 22.9 Å². The topological polar surface area (TPSA) is 99.5 Å². The van der Waals surface area contributed by atoms with Gasteiger partial charge in [0, 0.05) is 6.54 Å². The molecule has 3 N–H and O–H groups in total. The molecule has 1 amide bonds. The number of piperidine rings is 1. The number of aromatic nitrogens is 2. The van der Waals surface area contributed by atoms with Crippen molar-refractivity contribution in [1.82, 2.24) is 9.61 Å². The van der Waals surface area contributed by atoms with E-state index in [2.05, 4.69) is 21.4 Å². The molecule has 1 atom stereocenters. The highest BCUT2D eigenvalue weighted by molar-refractivity contribution is 6.04. The molecule has 1 aromatic carbocycles. The third-order valence-electron chi connectivity index (χ3n) is 4.86. The molecule has 0 radical (unpaired) electrons. The number of rotatable bonds is 3. The molecule has 136 valence electrons. The third kappa shape index (κ3) is 3.23. The van der Waals surface area contributed by atoms with E-state index in [1.807, 2.05) is 18.2 Å². The summed E-state index contributed by atoms with van der Waals surface area (Å²) in [4.78, 5) is 14.9. The summed E-state index contributed by atoms with van der Waals surface area (Å²) in [5.74, 6) is 0.447. The monoisotopic (exact) mass is 360 g/mol. The van der Waals surface area contributed by atoms with E-state index in [1.54, 1.807) is 34.8 Å². The van der Waals surface area contributed by atoms with Crippen LogP contribution in [0.1, 0.15) is 35.3 Å². The van der Waals surface area contributed by atoms with Crippen LogP contribution < -0.4 is 16.0 Å². The zero-order valence-electron chi connectivity index (χ0n) is 14.8. The van der Waals surface area contributed by atoms with E-state index < -0.39 is 0 Å². The van der Waals surface area contributed by atoms with Crippen LogP contribution in [0.2, 0.25) is 0 Å². The van der Waals surface area contributed by atoms with Crippen molar-refractivity contribution in [2.75, 3.05) is 16.8 Å². The van der Waals surface area contributed by atoms with E-state index in [9.17, 15) is 10.1 Å². The first-order valence-corrected chi connectivity index (χ1v) is 8.99. The number of benzene rings is 1. The molecule has 3 heterocycles. The Morgan fingerprint density at radius 1 is 1.19 bits per heavy atom. The molecule has 2 aromatic heterocycles. The summed E-state index contributed by atoms with van der Waals surface area (Å²) in [6.07, 6.45) is 3.08. The molecule has 0 aliphatic carbocycles. The molecule has 1 saturated heterocycles. The lowest BCUT2D eigenvalue weighted by Gasteiger charge is -2.33. The van der Waals surface area contributed by atoms with Crippen LogP contribution >= 0.6 is 0 Å². The van der Waals surface area contributed by atoms with Gasteiger partial charge in [-0.2, -0.15) is 5.26 Å². The normalized spacial score (nSPS) is 16.9. The van der Waals surface area contributed by atoms with Crippen molar-refractivity contribution in [2.45, 2.75) is 25.4 Å². The maximum Gasteiger partial charge on any atom is 0.274 e. The zero-order chi connectivity index (χ0) is 18.8. The fraction of sp³-hybridized carbons (Fsp3) is 0.250. The maximum absolute atomic E-state index is 12.8. The molecule has 0 bridgehead atoms. The summed E-state index contributed by atoms with van der Waals surface area (Å²) >= 11 is 0. The second kappa shape index (κ2) is 7.09. The number of amides is 1. The van der Waals surface area contributed by atoms with Gasteiger partial charge in [-0.15, -0.1) is 5.10 Å². The van der Waals surface area contributed by atoms with E-state index >= 15 is 0 Å². The van der Waals surface area contributed by atoms with E-state index in [0.717, 1.165) is 37.1 Å². The van der Waals surface area contributed by atoms with Gasteiger partial charge in [-0.3, -0.25) is 4.79 Å². The quantitative estimate of drug-likeness (QED) is 0.748. The fourth-order valence-corrected chi connectivity index (χ4v) is 3.42. The summed E-state index contributed by atoms with van der Waals surface area (Å²) in [5.41, 5.74) is 8.36. The first-order valence-electron chi connectivity index (χ1n) is 8.99. The van der Waals surface area contributed by atoms with E-state index in [4.69, 9.17) is 5.73 Å². The molecule has 1 unspecified atom stereocenters. The number of para-hydroxylation sites is 1. The van der Waals surface area contributed by atoms with Crippen molar-refractivity contribution < 1.29 is 4.79 Å². The molecule has 0 spiro atoms. The van der Waals surface area contributed by atoms with Crippen LogP contribution in [-0.4, -0.2) is 28.2 Å². The predicted molar refractivity (Wildman–Crippen MR) is 103 cm³/mol. The van der Waals surface area contributed by atoms with Gasteiger partial charge in [0.25, 0.3) is 5.91 Å². The van der Waals surface area contributed by atoms with Crippen LogP contribution in [0.4, 0.5) is 11.5 Å². The Hall–Kier alpha value is -3.37. The van der Waals surface area contributed by atoms with Crippen LogP contribution in [0.25, 0.3) is 5.52 Å². The second-order valence-electron chi connectivity index (χ2n) is 6.61. The van der Waals surface area contributed by atoms with Gasteiger partial charge in [0.15, 0.2) is 5.82 Å². The molecule has 7 heteroatoms. The molecule has 1 aliphatic heterocycles.